The van der Waals surface area contributed by atoms with Crippen molar-refractivity contribution in [1.29, 1.82) is 0 Å². The molecule has 0 aliphatic heterocycles. The molecule has 4 heteroatoms. The van der Waals surface area contributed by atoms with Crippen LogP contribution in [0.5, 0.6) is 0 Å². The third-order valence-corrected chi connectivity index (χ3v) is 3.55. The van der Waals surface area contributed by atoms with E-state index >= 15 is 0 Å². The van der Waals surface area contributed by atoms with Crippen LogP contribution in [-0.2, 0) is 5.33 Å². The molecule has 2 aromatic rings. The minimum atomic E-state index is 0.600. The Balaban J connectivity index is 2.83. The minimum absolute atomic E-state index is 0.600. The van der Waals surface area contributed by atoms with Crippen molar-refractivity contribution >= 4 is 49.0 Å². The Hall–Kier alpha value is -0.120. The zero-order valence-corrected chi connectivity index (χ0v) is 9.21. The molecule has 0 N–H and O–H groups in total. The fourth-order valence-corrected chi connectivity index (χ4v) is 3.05. The van der Waals surface area contributed by atoms with Gasteiger partial charge in [-0.3, -0.25) is 0 Å². The molecule has 0 bridgehead atoms. The predicted octanol–water partition coefficient (Wildman–Crippen LogP) is 3.84. The van der Waals surface area contributed by atoms with Crippen molar-refractivity contribution in [1.82, 2.24) is 4.98 Å². The lowest BCUT2D eigenvalue weighted by molar-refractivity contribution is 1.36. The summed E-state index contributed by atoms with van der Waals surface area (Å²) in [6.07, 6.45) is 1.74. The summed E-state index contributed by atoms with van der Waals surface area (Å²) in [7, 11) is 0. The third kappa shape index (κ3) is 1.26. The number of hydrogen-bond donors (Lipinski definition) is 0. The van der Waals surface area contributed by atoms with E-state index in [9.17, 15) is 0 Å². The van der Waals surface area contributed by atoms with E-state index in [1.54, 1.807) is 17.5 Å². The Bertz CT molecular complexity index is 412. The average molecular weight is 263 g/mol. The number of rotatable bonds is 1. The fourth-order valence-electron chi connectivity index (χ4n) is 1.10. The van der Waals surface area contributed by atoms with E-state index in [-0.39, 0.29) is 0 Å². The number of halogens is 2. The minimum Gasteiger partial charge on any atom is -0.244 e. The van der Waals surface area contributed by atoms with Gasteiger partial charge in [-0.1, -0.05) is 27.5 Å². The predicted molar refractivity (Wildman–Crippen MR) is 57.3 cm³/mol. The van der Waals surface area contributed by atoms with Gasteiger partial charge < -0.3 is 0 Å². The molecule has 2 rings (SSSR count). The van der Waals surface area contributed by atoms with E-state index in [2.05, 4.69) is 26.3 Å². The lowest BCUT2D eigenvalue weighted by Crippen LogP contribution is -1.77. The monoisotopic (exact) mass is 261 g/mol. The molecular formula is C8H5BrClNS. The van der Waals surface area contributed by atoms with Crippen LogP contribution in [0.3, 0.4) is 0 Å². The molecule has 1 nitrogen and oxygen atoms in total. The molecule has 0 saturated heterocycles. The Morgan fingerprint density at radius 1 is 1.58 bits per heavy atom. The van der Waals surface area contributed by atoms with E-state index in [1.165, 1.54) is 10.3 Å². The molecule has 0 saturated carbocycles. The van der Waals surface area contributed by atoms with Crippen molar-refractivity contribution in [3.8, 4) is 0 Å². The van der Waals surface area contributed by atoms with Crippen LogP contribution in [0.4, 0.5) is 0 Å². The molecule has 0 aliphatic carbocycles. The molecule has 0 aliphatic rings. The highest BCUT2D eigenvalue weighted by molar-refractivity contribution is 9.08. The van der Waals surface area contributed by atoms with Gasteiger partial charge in [0, 0.05) is 21.6 Å². The summed E-state index contributed by atoms with van der Waals surface area (Å²) in [6.45, 7) is 0. The van der Waals surface area contributed by atoms with Crippen molar-refractivity contribution in [3.05, 3.63) is 28.4 Å². The average Bonchev–Trinajstić information content (AvgIpc) is 2.49. The lowest BCUT2D eigenvalue weighted by atomic mass is 10.2. The Morgan fingerprint density at radius 2 is 2.42 bits per heavy atom. The van der Waals surface area contributed by atoms with Crippen molar-refractivity contribution in [3.63, 3.8) is 0 Å². The second-order valence-electron chi connectivity index (χ2n) is 2.37. The Morgan fingerprint density at radius 3 is 3.17 bits per heavy atom. The molecule has 2 heterocycles. The zero-order chi connectivity index (χ0) is 8.55. The van der Waals surface area contributed by atoms with E-state index < -0.39 is 0 Å². The number of alkyl halides is 1. The summed E-state index contributed by atoms with van der Waals surface area (Å²) in [4.78, 5) is 4.04. The first-order valence-corrected chi connectivity index (χ1v) is 5.77. The van der Waals surface area contributed by atoms with Crippen LogP contribution in [-0.4, -0.2) is 4.98 Å². The molecular weight excluding hydrogens is 258 g/mol. The van der Waals surface area contributed by atoms with Crippen LogP contribution in [0, 0.1) is 0 Å². The number of fused-ring (bicyclic) bond motifs is 1. The molecule has 0 atom stereocenters. The first-order chi connectivity index (χ1) is 5.83. The number of nitrogens with zero attached hydrogens (tertiary/aromatic N) is 1. The molecule has 2 aromatic heterocycles. The van der Waals surface area contributed by atoms with Gasteiger partial charge in [-0.05, 0) is 17.0 Å². The van der Waals surface area contributed by atoms with Gasteiger partial charge in [0.25, 0.3) is 0 Å². The van der Waals surface area contributed by atoms with Gasteiger partial charge >= 0.3 is 0 Å². The number of hydrogen-bond acceptors (Lipinski definition) is 2. The Labute approximate surface area is 87.5 Å². The van der Waals surface area contributed by atoms with Crippen LogP contribution in [0.25, 0.3) is 10.1 Å². The maximum Gasteiger partial charge on any atom is 0.137 e. The molecule has 0 amide bonds. The van der Waals surface area contributed by atoms with E-state index in [0.717, 1.165) is 10.7 Å². The van der Waals surface area contributed by atoms with Gasteiger partial charge in [-0.2, -0.15) is 0 Å². The van der Waals surface area contributed by atoms with Crippen LogP contribution in [0.2, 0.25) is 5.15 Å². The van der Waals surface area contributed by atoms with Gasteiger partial charge in [-0.25, -0.2) is 4.98 Å². The summed E-state index contributed by atoms with van der Waals surface area (Å²) in [6, 6.07) is 1.98. The van der Waals surface area contributed by atoms with Crippen molar-refractivity contribution in [2.45, 2.75) is 5.33 Å². The summed E-state index contributed by atoms with van der Waals surface area (Å²) < 4.78 is 1.20. The van der Waals surface area contributed by atoms with Gasteiger partial charge in [0.05, 0.1) is 0 Å². The van der Waals surface area contributed by atoms with Crippen LogP contribution in [0.1, 0.15) is 5.56 Å². The van der Waals surface area contributed by atoms with E-state index in [4.69, 9.17) is 11.6 Å². The standard InChI is InChI=1S/C8H5BrClNS/c9-3-5-4-12-6-1-2-11-8(10)7(5)6/h1-2,4H,3H2. The molecule has 0 fully saturated rings. The Kier molecular flexibility index (Phi) is 2.35. The smallest absolute Gasteiger partial charge is 0.137 e. The first-order valence-electron chi connectivity index (χ1n) is 3.39. The quantitative estimate of drug-likeness (QED) is 0.562. The van der Waals surface area contributed by atoms with Gasteiger partial charge in [0.1, 0.15) is 5.15 Å². The molecule has 62 valence electrons. The van der Waals surface area contributed by atoms with Gasteiger partial charge in [0.15, 0.2) is 0 Å². The summed E-state index contributed by atoms with van der Waals surface area (Å²) in [5, 5.41) is 4.62. The summed E-state index contributed by atoms with van der Waals surface area (Å²) in [5.74, 6) is 0. The van der Waals surface area contributed by atoms with Crippen LogP contribution >= 0.6 is 38.9 Å². The molecule has 12 heavy (non-hydrogen) atoms. The number of thiophene rings is 1. The summed E-state index contributed by atoms with van der Waals surface area (Å²) in [5.41, 5.74) is 1.22. The number of aromatic nitrogens is 1. The maximum absolute atomic E-state index is 5.96. The second-order valence-corrected chi connectivity index (χ2v) is 4.20. The highest BCUT2D eigenvalue weighted by atomic mass is 79.9. The highest BCUT2D eigenvalue weighted by Crippen LogP contribution is 2.31. The van der Waals surface area contributed by atoms with Gasteiger partial charge in [0.2, 0.25) is 0 Å². The fraction of sp³-hybridized carbons (Fsp3) is 0.125. The topological polar surface area (TPSA) is 12.9 Å². The lowest BCUT2D eigenvalue weighted by Gasteiger charge is -1.94. The largest absolute Gasteiger partial charge is 0.244 e. The first kappa shape index (κ1) is 8.48. The summed E-state index contributed by atoms with van der Waals surface area (Å²) >= 11 is 11.1. The zero-order valence-electron chi connectivity index (χ0n) is 6.05. The maximum atomic E-state index is 5.96. The van der Waals surface area contributed by atoms with Gasteiger partial charge in [-0.15, -0.1) is 11.3 Å². The third-order valence-electron chi connectivity index (χ3n) is 1.66. The molecule has 0 aromatic carbocycles. The SMILES string of the molecule is Clc1nccc2scc(CBr)c12. The van der Waals surface area contributed by atoms with Crippen molar-refractivity contribution < 1.29 is 0 Å². The highest BCUT2D eigenvalue weighted by Gasteiger charge is 2.06. The molecule has 0 unspecified atom stereocenters. The van der Waals surface area contributed by atoms with Crippen LogP contribution < -0.4 is 0 Å². The second kappa shape index (κ2) is 3.32. The number of pyridine rings is 1. The normalized spacial score (nSPS) is 10.8. The molecule has 0 spiro atoms. The van der Waals surface area contributed by atoms with E-state index in [0.29, 0.717) is 5.15 Å². The molecule has 0 radical (unpaired) electrons. The van der Waals surface area contributed by atoms with E-state index in [1.807, 2.05) is 6.07 Å². The van der Waals surface area contributed by atoms with Crippen molar-refractivity contribution in [2.24, 2.45) is 0 Å². The van der Waals surface area contributed by atoms with Crippen molar-refractivity contribution in [2.75, 3.05) is 0 Å². The van der Waals surface area contributed by atoms with Crippen LogP contribution in [0.15, 0.2) is 17.6 Å².